The lowest BCUT2D eigenvalue weighted by Gasteiger charge is -2.22. The van der Waals surface area contributed by atoms with Crippen LogP contribution in [0, 0.1) is 12.8 Å². The number of nitrogens with one attached hydrogen (secondary N) is 1. The van der Waals surface area contributed by atoms with Gasteiger partial charge in [0.15, 0.2) is 0 Å². The molecule has 1 atom stereocenters. The largest absolute Gasteiger partial charge is 0.312 e. The molecule has 0 aliphatic rings. The molecule has 0 bridgehead atoms. The monoisotopic (exact) mass is 331 g/mol. The van der Waals surface area contributed by atoms with Crippen LogP contribution < -0.4 is 5.32 Å². The lowest BCUT2D eigenvalue weighted by molar-refractivity contribution is 0.386. The number of thiophene rings is 1. The van der Waals surface area contributed by atoms with Crippen molar-refractivity contribution in [2.45, 2.75) is 59.4 Å². The Morgan fingerprint density at radius 2 is 2.00 bits per heavy atom. The van der Waals surface area contributed by atoms with Gasteiger partial charge in [-0.1, -0.05) is 6.92 Å². The average Bonchev–Trinajstić information content (AvgIpc) is 2.52. The summed E-state index contributed by atoms with van der Waals surface area (Å²) in [6, 6.07) is 2.28. The quantitative estimate of drug-likeness (QED) is 0.758. The van der Waals surface area contributed by atoms with E-state index in [1.807, 2.05) is 11.3 Å². The highest BCUT2D eigenvalue weighted by Crippen LogP contribution is 2.28. The molecule has 1 unspecified atom stereocenters. The average molecular weight is 332 g/mol. The van der Waals surface area contributed by atoms with Crippen molar-refractivity contribution >= 4 is 27.3 Å². The minimum absolute atomic E-state index is 0.245. The Kier molecular flexibility index (Phi) is 6.36. The van der Waals surface area contributed by atoms with Crippen molar-refractivity contribution in [1.82, 2.24) is 5.32 Å². The van der Waals surface area contributed by atoms with E-state index < -0.39 is 0 Å². The fourth-order valence-corrected chi connectivity index (χ4v) is 3.76. The summed E-state index contributed by atoms with van der Waals surface area (Å²) in [7, 11) is 0. The maximum Gasteiger partial charge on any atom is 0.0704 e. The molecule has 18 heavy (non-hydrogen) atoms. The number of hydrogen-bond donors (Lipinski definition) is 1. The topological polar surface area (TPSA) is 12.0 Å². The molecule has 0 aromatic carbocycles. The van der Waals surface area contributed by atoms with E-state index in [0.717, 1.165) is 12.5 Å². The van der Waals surface area contributed by atoms with Crippen molar-refractivity contribution in [3.05, 3.63) is 20.3 Å². The second kappa shape index (κ2) is 7.06. The predicted molar refractivity (Wildman–Crippen MR) is 86.6 cm³/mol. The highest BCUT2D eigenvalue weighted by Gasteiger charge is 2.10. The molecule has 104 valence electrons. The Morgan fingerprint density at radius 1 is 1.33 bits per heavy atom. The predicted octanol–water partition coefficient (Wildman–Crippen LogP) is 5.17. The highest BCUT2D eigenvalue weighted by molar-refractivity contribution is 9.11. The maximum atomic E-state index is 3.56. The van der Waals surface area contributed by atoms with Crippen molar-refractivity contribution in [3.8, 4) is 0 Å². The summed E-state index contributed by atoms with van der Waals surface area (Å²) in [6.45, 7) is 12.4. The molecule has 0 saturated carbocycles. The first-order valence-corrected chi connectivity index (χ1v) is 8.39. The molecule has 1 N–H and O–H groups in total. The highest BCUT2D eigenvalue weighted by atomic mass is 79.9. The van der Waals surface area contributed by atoms with Gasteiger partial charge in [0.1, 0.15) is 0 Å². The van der Waals surface area contributed by atoms with Gasteiger partial charge >= 0.3 is 0 Å². The van der Waals surface area contributed by atoms with Crippen molar-refractivity contribution in [3.63, 3.8) is 0 Å². The van der Waals surface area contributed by atoms with Gasteiger partial charge < -0.3 is 5.32 Å². The molecule has 0 aliphatic carbocycles. The van der Waals surface area contributed by atoms with Crippen molar-refractivity contribution in [1.29, 1.82) is 0 Å². The van der Waals surface area contributed by atoms with E-state index in [0.29, 0.717) is 0 Å². The zero-order chi connectivity index (χ0) is 13.8. The molecule has 1 heterocycles. The van der Waals surface area contributed by atoms with Crippen molar-refractivity contribution in [2.24, 2.45) is 5.92 Å². The second-order valence-corrected chi connectivity index (χ2v) is 8.88. The van der Waals surface area contributed by atoms with E-state index in [4.69, 9.17) is 0 Å². The van der Waals surface area contributed by atoms with Gasteiger partial charge in [-0.2, -0.15) is 0 Å². The molecule has 1 aromatic rings. The van der Waals surface area contributed by atoms with Gasteiger partial charge in [-0.05, 0) is 87.0 Å². The van der Waals surface area contributed by atoms with Crippen LogP contribution in [0.3, 0.4) is 0 Å². The van der Waals surface area contributed by atoms with Gasteiger partial charge in [0, 0.05) is 10.4 Å². The third-order valence-corrected chi connectivity index (χ3v) is 4.79. The maximum absolute atomic E-state index is 3.56. The lowest BCUT2D eigenvalue weighted by Crippen LogP contribution is -2.36. The van der Waals surface area contributed by atoms with E-state index in [1.54, 1.807) is 0 Å². The Hall–Kier alpha value is 0.140. The first kappa shape index (κ1) is 16.2. The third-order valence-electron chi connectivity index (χ3n) is 3.19. The van der Waals surface area contributed by atoms with Crippen LogP contribution in [0.4, 0.5) is 0 Å². The summed E-state index contributed by atoms with van der Waals surface area (Å²) in [5.41, 5.74) is 1.76. The molecule has 0 spiro atoms. The summed E-state index contributed by atoms with van der Waals surface area (Å²) in [4.78, 5) is 1.46. The Morgan fingerprint density at radius 3 is 2.50 bits per heavy atom. The second-order valence-electron chi connectivity index (χ2n) is 6.24. The van der Waals surface area contributed by atoms with Crippen LogP contribution in [0.2, 0.25) is 0 Å². The van der Waals surface area contributed by atoms with Crippen molar-refractivity contribution < 1.29 is 0 Å². The summed E-state index contributed by atoms with van der Waals surface area (Å²) in [6.07, 6.45) is 3.77. The van der Waals surface area contributed by atoms with Gasteiger partial charge in [0.25, 0.3) is 0 Å². The fraction of sp³-hybridized carbons (Fsp3) is 0.733. The molecule has 1 nitrogen and oxygen atoms in total. The summed E-state index contributed by atoms with van der Waals surface area (Å²) in [5.74, 6) is 0.790. The van der Waals surface area contributed by atoms with Crippen LogP contribution in [0.5, 0.6) is 0 Å². The summed E-state index contributed by atoms with van der Waals surface area (Å²) in [5, 5.41) is 3.56. The van der Waals surface area contributed by atoms with E-state index in [9.17, 15) is 0 Å². The molecule has 0 aliphatic heterocycles. The Bertz CT molecular complexity index is 365. The molecule has 0 radical (unpaired) electrons. The first-order valence-electron chi connectivity index (χ1n) is 6.78. The van der Waals surface area contributed by atoms with Crippen LogP contribution >= 0.6 is 27.3 Å². The molecule has 0 saturated heterocycles. The SMILES string of the molecule is Cc1sc(Br)cc1CCC(C)CCNC(C)(C)C. The minimum Gasteiger partial charge on any atom is -0.312 e. The van der Waals surface area contributed by atoms with Gasteiger partial charge in [-0.15, -0.1) is 11.3 Å². The summed E-state index contributed by atoms with van der Waals surface area (Å²) < 4.78 is 1.26. The molecule has 3 heteroatoms. The van der Waals surface area contributed by atoms with Crippen molar-refractivity contribution in [2.75, 3.05) is 6.54 Å². The fourth-order valence-electron chi connectivity index (χ4n) is 1.97. The van der Waals surface area contributed by atoms with Gasteiger partial charge in [-0.3, -0.25) is 0 Å². The summed E-state index contributed by atoms with van der Waals surface area (Å²) >= 11 is 5.41. The van der Waals surface area contributed by atoms with Gasteiger partial charge in [-0.25, -0.2) is 0 Å². The standard InChI is InChI=1S/C15H26BrNS/c1-11(8-9-17-15(3,4)5)6-7-13-10-14(16)18-12(13)2/h10-11,17H,6-9H2,1-5H3. The third kappa shape index (κ3) is 6.35. The lowest BCUT2D eigenvalue weighted by atomic mass is 9.98. The minimum atomic E-state index is 0.245. The van der Waals surface area contributed by atoms with Crippen LogP contribution in [0.25, 0.3) is 0 Å². The molecule has 1 aromatic heterocycles. The van der Waals surface area contributed by atoms with E-state index in [2.05, 4.69) is 61.9 Å². The van der Waals surface area contributed by atoms with E-state index in [1.165, 1.54) is 33.5 Å². The Labute approximate surface area is 125 Å². The van der Waals surface area contributed by atoms with Gasteiger partial charge in [0.2, 0.25) is 0 Å². The normalized spacial score (nSPS) is 13.9. The zero-order valence-corrected chi connectivity index (χ0v) is 14.7. The molecular weight excluding hydrogens is 306 g/mol. The Balaban J connectivity index is 2.25. The molecular formula is C15H26BrNS. The van der Waals surface area contributed by atoms with Crippen LogP contribution in [-0.2, 0) is 6.42 Å². The van der Waals surface area contributed by atoms with Crippen LogP contribution in [-0.4, -0.2) is 12.1 Å². The number of rotatable bonds is 6. The first-order chi connectivity index (χ1) is 8.28. The van der Waals surface area contributed by atoms with Crippen LogP contribution in [0.1, 0.15) is 51.0 Å². The molecule has 1 rings (SSSR count). The van der Waals surface area contributed by atoms with Crippen LogP contribution in [0.15, 0.2) is 9.85 Å². The number of hydrogen-bond acceptors (Lipinski definition) is 2. The smallest absolute Gasteiger partial charge is 0.0704 e. The number of aryl methyl sites for hydroxylation is 2. The van der Waals surface area contributed by atoms with Gasteiger partial charge in [0.05, 0.1) is 3.79 Å². The zero-order valence-electron chi connectivity index (χ0n) is 12.3. The molecule has 0 fully saturated rings. The van der Waals surface area contributed by atoms with E-state index >= 15 is 0 Å². The van der Waals surface area contributed by atoms with E-state index in [-0.39, 0.29) is 5.54 Å². The molecule has 0 amide bonds. The number of halogens is 1.